The van der Waals surface area contributed by atoms with E-state index in [0.717, 1.165) is 24.1 Å². The monoisotopic (exact) mass is 386 g/mol. The van der Waals surface area contributed by atoms with Crippen molar-refractivity contribution in [1.29, 1.82) is 0 Å². The number of amides is 1. The molecule has 1 N–H and O–H groups in total. The van der Waals surface area contributed by atoms with E-state index in [-0.39, 0.29) is 16.7 Å². The summed E-state index contributed by atoms with van der Waals surface area (Å²) in [5.41, 5.74) is 1.55. The number of aliphatic imine (C=N–C) groups is 1. The van der Waals surface area contributed by atoms with E-state index in [2.05, 4.69) is 11.9 Å². The van der Waals surface area contributed by atoms with Crippen LogP contribution in [0.15, 0.2) is 58.4 Å². The highest BCUT2D eigenvalue weighted by molar-refractivity contribution is 8.19. The molecule has 0 bridgehead atoms. The number of nitrogens with zero attached hydrogens (tertiary/aromatic N) is 2. The molecule has 1 aliphatic heterocycles. The van der Waals surface area contributed by atoms with Crippen LogP contribution >= 0.6 is 23.4 Å². The van der Waals surface area contributed by atoms with Crippen LogP contribution in [0.5, 0.6) is 5.75 Å². The topological polar surface area (TPSA) is 52.9 Å². The summed E-state index contributed by atoms with van der Waals surface area (Å²) in [6, 6.07) is 14.4. The minimum Gasteiger partial charge on any atom is -0.506 e. The van der Waals surface area contributed by atoms with Crippen molar-refractivity contribution in [3.05, 3.63) is 64.0 Å². The van der Waals surface area contributed by atoms with Crippen molar-refractivity contribution in [1.82, 2.24) is 0 Å². The third kappa shape index (κ3) is 4.11. The normalized spacial score (nSPS) is 17.5. The molecule has 0 unspecified atom stereocenters. The Kier molecular flexibility index (Phi) is 6.01. The second-order valence-electron chi connectivity index (χ2n) is 5.82. The summed E-state index contributed by atoms with van der Waals surface area (Å²) in [7, 11) is 0. The molecule has 134 valence electrons. The van der Waals surface area contributed by atoms with Gasteiger partial charge in [0.05, 0.1) is 15.6 Å². The van der Waals surface area contributed by atoms with Crippen LogP contribution in [-0.4, -0.2) is 22.7 Å². The zero-order chi connectivity index (χ0) is 18.5. The summed E-state index contributed by atoms with van der Waals surface area (Å²) >= 11 is 7.33. The van der Waals surface area contributed by atoms with E-state index in [1.807, 2.05) is 30.3 Å². The van der Waals surface area contributed by atoms with E-state index in [1.54, 1.807) is 23.1 Å². The average molecular weight is 387 g/mol. The minimum absolute atomic E-state index is 0.0203. The van der Waals surface area contributed by atoms with Crippen LogP contribution in [-0.2, 0) is 4.79 Å². The lowest BCUT2D eigenvalue weighted by atomic mass is 10.2. The number of anilines is 1. The van der Waals surface area contributed by atoms with Crippen LogP contribution in [0.3, 0.4) is 0 Å². The van der Waals surface area contributed by atoms with Gasteiger partial charge in [-0.15, -0.1) is 0 Å². The molecule has 1 saturated heterocycles. The summed E-state index contributed by atoms with van der Waals surface area (Å²) in [5.74, 6) is -0.0902. The van der Waals surface area contributed by atoms with Crippen LogP contribution < -0.4 is 4.90 Å². The van der Waals surface area contributed by atoms with Gasteiger partial charge in [-0.1, -0.05) is 49.2 Å². The van der Waals surface area contributed by atoms with Crippen molar-refractivity contribution in [3.8, 4) is 5.75 Å². The minimum atomic E-state index is -0.111. The molecule has 1 amide bonds. The fourth-order valence-electron chi connectivity index (χ4n) is 2.48. The number of thioether (sulfide) groups is 1. The molecule has 1 heterocycles. The molecular weight excluding hydrogens is 368 g/mol. The Morgan fingerprint density at radius 1 is 1.23 bits per heavy atom. The Balaban J connectivity index is 1.95. The zero-order valence-corrected chi connectivity index (χ0v) is 15.9. The lowest BCUT2D eigenvalue weighted by molar-refractivity contribution is -0.113. The molecule has 26 heavy (non-hydrogen) atoms. The first kappa shape index (κ1) is 18.5. The number of carbonyl (C=O) groups excluding carboxylic acids is 1. The van der Waals surface area contributed by atoms with Crippen molar-refractivity contribution in [2.24, 2.45) is 4.99 Å². The van der Waals surface area contributed by atoms with E-state index in [9.17, 15) is 9.90 Å². The molecular formula is C20H19ClN2O2S. The largest absolute Gasteiger partial charge is 0.506 e. The van der Waals surface area contributed by atoms with Crippen molar-refractivity contribution < 1.29 is 9.90 Å². The number of benzene rings is 2. The molecule has 0 saturated carbocycles. The Morgan fingerprint density at radius 2 is 2.00 bits per heavy atom. The van der Waals surface area contributed by atoms with Gasteiger partial charge in [0, 0.05) is 6.54 Å². The quantitative estimate of drug-likeness (QED) is 0.558. The highest BCUT2D eigenvalue weighted by atomic mass is 35.5. The van der Waals surface area contributed by atoms with Gasteiger partial charge in [0.1, 0.15) is 5.75 Å². The Labute approximate surface area is 162 Å². The predicted octanol–water partition coefficient (Wildman–Crippen LogP) is 5.32. The van der Waals surface area contributed by atoms with Crippen LogP contribution in [0.2, 0.25) is 5.02 Å². The fourth-order valence-corrected chi connectivity index (χ4v) is 3.68. The molecule has 4 nitrogen and oxygen atoms in total. The number of rotatable bonds is 5. The predicted molar refractivity (Wildman–Crippen MR) is 110 cm³/mol. The van der Waals surface area contributed by atoms with Crippen molar-refractivity contribution in [3.63, 3.8) is 0 Å². The molecule has 0 radical (unpaired) electrons. The van der Waals surface area contributed by atoms with Gasteiger partial charge >= 0.3 is 0 Å². The lowest BCUT2D eigenvalue weighted by Crippen LogP contribution is -2.28. The van der Waals surface area contributed by atoms with Crippen LogP contribution in [0, 0.1) is 0 Å². The molecule has 3 rings (SSSR count). The number of unbranched alkanes of at least 4 members (excludes halogenated alkanes) is 1. The number of hydrogen-bond acceptors (Lipinski definition) is 4. The molecule has 6 heteroatoms. The fraction of sp³-hybridized carbons (Fsp3) is 0.200. The summed E-state index contributed by atoms with van der Waals surface area (Å²) in [6.07, 6.45) is 3.81. The summed E-state index contributed by atoms with van der Waals surface area (Å²) < 4.78 is 0. The third-order valence-corrected chi connectivity index (χ3v) is 5.16. The van der Waals surface area contributed by atoms with Gasteiger partial charge in [-0.2, -0.15) is 0 Å². The maximum atomic E-state index is 13.0. The number of halogens is 1. The van der Waals surface area contributed by atoms with Gasteiger partial charge in [-0.25, -0.2) is 0 Å². The summed E-state index contributed by atoms with van der Waals surface area (Å²) in [4.78, 5) is 19.8. The second-order valence-corrected chi connectivity index (χ2v) is 7.23. The molecule has 1 fully saturated rings. The first-order chi connectivity index (χ1) is 12.6. The van der Waals surface area contributed by atoms with Crippen molar-refractivity contribution >= 4 is 46.2 Å². The van der Waals surface area contributed by atoms with Gasteiger partial charge in [-0.3, -0.25) is 14.7 Å². The highest BCUT2D eigenvalue weighted by Crippen LogP contribution is 2.36. The van der Waals surface area contributed by atoms with Crippen LogP contribution in [0.25, 0.3) is 6.08 Å². The first-order valence-corrected chi connectivity index (χ1v) is 9.61. The second kappa shape index (κ2) is 8.43. The van der Waals surface area contributed by atoms with E-state index in [1.165, 1.54) is 17.8 Å². The zero-order valence-electron chi connectivity index (χ0n) is 14.4. The smallest absolute Gasteiger partial charge is 0.271 e. The van der Waals surface area contributed by atoms with Crippen LogP contribution in [0.1, 0.15) is 25.3 Å². The molecule has 2 aromatic rings. The van der Waals surface area contributed by atoms with E-state index >= 15 is 0 Å². The lowest BCUT2D eigenvalue weighted by Gasteiger charge is -2.15. The van der Waals surface area contributed by atoms with Crippen molar-refractivity contribution in [2.45, 2.75) is 19.8 Å². The summed E-state index contributed by atoms with van der Waals surface area (Å²) in [6.45, 7) is 2.80. The Morgan fingerprint density at radius 3 is 2.69 bits per heavy atom. The standard InChI is InChI=1S/C20H19ClN2O2S/c1-2-3-11-22-20-23(15-7-5-4-6-8-15)19(25)18(26-20)13-14-9-10-17(24)16(21)12-14/h4-10,12-13,24H,2-3,11H2,1H3/b18-13-,22-20?. The van der Waals surface area contributed by atoms with Gasteiger partial charge in [0.25, 0.3) is 5.91 Å². The number of carbonyl (C=O) groups is 1. The van der Waals surface area contributed by atoms with E-state index in [0.29, 0.717) is 16.6 Å². The van der Waals surface area contributed by atoms with Gasteiger partial charge in [-0.05, 0) is 54.1 Å². The van der Waals surface area contributed by atoms with Crippen LogP contribution in [0.4, 0.5) is 5.69 Å². The van der Waals surface area contributed by atoms with Gasteiger partial charge < -0.3 is 5.11 Å². The molecule has 0 atom stereocenters. The SMILES string of the molecule is CCCCN=C1S/C(=C\c2ccc(O)c(Cl)c2)C(=O)N1c1ccccc1. The molecule has 1 aliphatic rings. The Hall–Kier alpha value is -2.24. The third-order valence-electron chi connectivity index (χ3n) is 3.85. The van der Waals surface area contributed by atoms with Gasteiger partial charge in [0.2, 0.25) is 0 Å². The van der Waals surface area contributed by atoms with E-state index < -0.39 is 0 Å². The Bertz CT molecular complexity index is 865. The number of aromatic hydroxyl groups is 1. The maximum Gasteiger partial charge on any atom is 0.271 e. The number of hydrogen-bond donors (Lipinski definition) is 1. The first-order valence-electron chi connectivity index (χ1n) is 8.42. The summed E-state index contributed by atoms with van der Waals surface area (Å²) in [5, 5.41) is 10.5. The number of phenols is 1. The molecule has 0 aliphatic carbocycles. The number of phenolic OH excluding ortho intramolecular Hbond substituents is 1. The molecule has 0 aromatic heterocycles. The van der Waals surface area contributed by atoms with Crippen molar-refractivity contribution in [2.75, 3.05) is 11.4 Å². The maximum absolute atomic E-state index is 13.0. The molecule has 0 spiro atoms. The average Bonchev–Trinajstić information content (AvgIpc) is 2.95. The number of para-hydroxylation sites is 1. The van der Waals surface area contributed by atoms with E-state index in [4.69, 9.17) is 11.6 Å². The van der Waals surface area contributed by atoms with Gasteiger partial charge in [0.15, 0.2) is 5.17 Å². The highest BCUT2D eigenvalue weighted by Gasteiger charge is 2.34. The number of amidine groups is 1. The molecule has 2 aromatic carbocycles.